The van der Waals surface area contributed by atoms with Crippen molar-refractivity contribution in [2.45, 2.75) is 39.0 Å². The lowest BCUT2D eigenvalue weighted by Crippen LogP contribution is -2.25. The minimum absolute atomic E-state index is 0.0734. The van der Waals surface area contributed by atoms with Crippen molar-refractivity contribution in [3.63, 3.8) is 0 Å². The summed E-state index contributed by atoms with van der Waals surface area (Å²) in [5.41, 5.74) is 11.4. The zero-order valence-electron chi connectivity index (χ0n) is 25.2. The Morgan fingerprint density at radius 1 is 0.714 bits per heavy atom. The van der Waals surface area contributed by atoms with Crippen LogP contribution in [-0.4, -0.2) is 13.2 Å². The lowest BCUT2D eigenvalue weighted by atomic mass is 9.68. The molecular weight excluding hydrogens is 512 g/mol. The van der Waals surface area contributed by atoms with Crippen LogP contribution < -0.4 is 9.47 Å². The predicted octanol–water partition coefficient (Wildman–Crippen LogP) is 10.1. The smallest absolute Gasteiger partial charge is 0.119 e. The van der Waals surface area contributed by atoms with Crippen molar-refractivity contribution in [2.24, 2.45) is 0 Å². The van der Waals surface area contributed by atoms with Crippen LogP contribution >= 0.6 is 0 Å². The summed E-state index contributed by atoms with van der Waals surface area (Å²) in [4.78, 5) is 0. The maximum absolute atomic E-state index is 5.84. The number of rotatable bonds is 11. The van der Waals surface area contributed by atoms with Gasteiger partial charge in [0.2, 0.25) is 0 Å². The molecule has 4 aromatic rings. The van der Waals surface area contributed by atoms with Gasteiger partial charge in [-0.2, -0.15) is 0 Å². The van der Waals surface area contributed by atoms with Crippen molar-refractivity contribution in [1.82, 2.24) is 0 Å². The Morgan fingerprint density at radius 2 is 1.26 bits per heavy atom. The summed E-state index contributed by atoms with van der Waals surface area (Å²) in [7, 11) is 0. The molecule has 0 saturated carbocycles. The van der Waals surface area contributed by atoms with Crippen molar-refractivity contribution in [2.75, 3.05) is 13.2 Å². The molecule has 0 radical (unpaired) electrons. The summed E-state index contributed by atoms with van der Waals surface area (Å²) in [6.45, 7) is 17.7. The molecule has 0 saturated heterocycles. The van der Waals surface area contributed by atoms with Gasteiger partial charge in [0.05, 0.1) is 0 Å². The second kappa shape index (κ2) is 12.5. The Balaban J connectivity index is 1.73. The monoisotopic (exact) mass is 552 g/mol. The molecule has 2 heteroatoms. The number of hydrogen-bond donors (Lipinski definition) is 0. The van der Waals surface area contributed by atoms with E-state index < -0.39 is 0 Å². The highest BCUT2D eigenvalue weighted by Crippen LogP contribution is 2.55. The fourth-order valence-corrected chi connectivity index (χ4v) is 6.36. The van der Waals surface area contributed by atoms with E-state index in [0.717, 1.165) is 11.5 Å². The van der Waals surface area contributed by atoms with Crippen LogP contribution in [0.2, 0.25) is 0 Å². The van der Waals surface area contributed by atoms with Gasteiger partial charge in [0, 0.05) is 11.3 Å². The molecule has 1 aliphatic rings. The Morgan fingerprint density at radius 3 is 1.83 bits per heavy atom. The summed E-state index contributed by atoms with van der Waals surface area (Å²) in [6.07, 6.45) is 3.54. The highest BCUT2D eigenvalue weighted by Gasteiger charge is 2.40. The average molecular weight is 553 g/mol. The second-order valence-corrected chi connectivity index (χ2v) is 11.5. The van der Waals surface area contributed by atoms with E-state index in [1.807, 2.05) is 0 Å². The molecule has 0 N–H and O–H groups in total. The third kappa shape index (κ3) is 5.63. The van der Waals surface area contributed by atoms with Gasteiger partial charge in [-0.05, 0) is 82.6 Å². The van der Waals surface area contributed by atoms with Crippen LogP contribution in [0.3, 0.4) is 0 Å². The molecule has 0 bridgehead atoms. The first-order valence-electron chi connectivity index (χ1n) is 14.6. The Labute approximate surface area is 251 Å². The third-order valence-corrected chi connectivity index (χ3v) is 8.08. The molecule has 4 aromatic carbocycles. The van der Waals surface area contributed by atoms with Gasteiger partial charge in [-0.15, -0.1) is 0 Å². The minimum atomic E-state index is -0.279. The second-order valence-electron chi connectivity index (χ2n) is 11.5. The van der Waals surface area contributed by atoms with Gasteiger partial charge in [-0.25, -0.2) is 0 Å². The van der Waals surface area contributed by atoms with E-state index in [0.29, 0.717) is 13.2 Å². The van der Waals surface area contributed by atoms with Gasteiger partial charge in [0.25, 0.3) is 0 Å². The standard InChI is InChI=1S/C40H40O2/c1-7-26-41-32-22-18-30(19-23-32)37-35-17-13-12-16-34(35)36(29-14-10-9-11-15-29)38(37)39(28(3)4)40(5,6)31-20-24-33(25-21-31)42-27-8-2/h7-25,37H,1-2,26-27H2,3-6H3. The fraction of sp³-hybridized carbons (Fsp3) is 0.200. The normalized spacial score (nSPS) is 14.2. The Kier molecular flexibility index (Phi) is 8.64. The van der Waals surface area contributed by atoms with Gasteiger partial charge in [0.15, 0.2) is 0 Å². The number of benzene rings is 4. The first kappa shape index (κ1) is 29.0. The van der Waals surface area contributed by atoms with Gasteiger partial charge in [0.1, 0.15) is 24.7 Å². The number of fused-ring (bicyclic) bond motifs is 1. The zero-order chi connectivity index (χ0) is 29.7. The van der Waals surface area contributed by atoms with Crippen LogP contribution in [0.25, 0.3) is 5.57 Å². The van der Waals surface area contributed by atoms with E-state index in [1.165, 1.54) is 50.1 Å². The van der Waals surface area contributed by atoms with E-state index in [2.05, 4.69) is 144 Å². The summed E-state index contributed by atoms with van der Waals surface area (Å²) in [5.74, 6) is 1.77. The highest BCUT2D eigenvalue weighted by atomic mass is 16.5. The molecule has 0 heterocycles. The Bertz CT molecular complexity index is 1610. The molecule has 1 unspecified atom stereocenters. The van der Waals surface area contributed by atoms with Crippen molar-refractivity contribution in [1.29, 1.82) is 0 Å². The lowest BCUT2D eigenvalue weighted by Gasteiger charge is -2.35. The summed E-state index contributed by atoms with van der Waals surface area (Å²) in [6, 6.07) is 36.9. The molecule has 0 fully saturated rings. The highest BCUT2D eigenvalue weighted by molar-refractivity contribution is 5.93. The van der Waals surface area contributed by atoms with Gasteiger partial charge >= 0.3 is 0 Å². The molecule has 0 spiro atoms. The molecule has 0 aromatic heterocycles. The van der Waals surface area contributed by atoms with Crippen LogP contribution in [0.15, 0.2) is 145 Å². The van der Waals surface area contributed by atoms with E-state index in [1.54, 1.807) is 12.2 Å². The molecule has 0 aliphatic heterocycles. The van der Waals surface area contributed by atoms with Crippen molar-refractivity contribution in [3.8, 4) is 11.5 Å². The van der Waals surface area contributed by atoms with E-state index in [4.69, 9.17) is 9.47 Å². The maximum atomic E-state index is 5.84. The van der Waals surface area contributed by atoms with E-state index in [9.17, 15) is 0 Å². The molecule has 0 amide bonds. The van der Waals surface area contributed by atoms with E-state index in [-0.39, 0.29) is 11.3 Å². The van der Waals surface area contributed by atoms with Crippen LogP contribution in [0, 0.1) is 0 Å². The van der Waals surface area contributed by atoms with Crippen molar-refractivity contribution in [3.05, 3.63) is 173 Å². The third-order valence-electron chi connectivity index (χ3n) is 8.08. The largest absolute Gasteiger partial charge is 0.490 e. The van der Waals surface area contributed by atoms with Crippen molar-refractivity contribution < 1.29 is 9.47 Å². The topological polar surface area (TPSA) is 18.5 Å². The summed E-state index contributed by atoms with van der Waals surface area (Å²) >= 11 is 0. The first-order chi connectivity index (χ1) is 20.4. The molecule has 1 aliphatic carbocycles. The molecule has 42 heavy (non-hydrogen) atoms. The summed E-state index contributed by atoms with van der Waals surface area (Å²) in [5, 5.41) is 0. The summed E-state index contributed by atoms with van der Waals surface area (Å²) < 4.78 is 11.6. The van der Waals surface area contributed by atoms with E-state index >= 15 is 0 Å². The van der Waals surface area contributed by atoms with Crippen molar-refractivity contribution >= 4 is 5.57 Å². The number of hydrogen-bond acceptors (Lipinski definition) is 2. The number of ether oxygens (including phenoxy) is 2. The minimum Gasteiger partial charge on any atom is -0.490 e. The quantitative estimate of drug-likeness (QED) is 0.172. The lowest BCUT2D eigenvalue weighted by molar-refractivity contribution is 0.363. The fourth-order valence-electron chi connectivity index (χ4n) is 6.36. The van der Waals surface area contributed by atoms with Crippen LogP contribution in [0.4, 0.5) is 0 Å². The molecular formula is C40H40O2. The number of allylic oxidation sites excluding steroid dienone is 3. The zero-order valence-corrected chi connectivity index (χ0v) is 25.2. The predicted molar refractivity (Wildman–Crippen MR) is 176 cm³/mol. The Hall–Kier alpha value is -4.56. The van der Waals surface area contributed by atoms with Gasteiger partial charge in [-0.3, -0.25) is 0 Å². The average Bonchev–Trinajstić information content (AvgIpc) is 3.33. The SMILES string of the molecule is C=CCOc1ccc(C2C(C(=C(C)C)C(C)(C)c3ccc(OCC=C)cc3)=C(c3ccccc3)c3ccccc32)cc1. The molecule has 1 atom stereocenters. The maximum Gasteiger partial charge on any atom is 0.119 e. The van der Waals surface area contributed by atoms with Crippen LogP contribution in [0.5, 0.6) is 11.5 Å². The van der Waals surface area contributed by atoms with Gasteiger partial charge < -0.3 is 9.47 Å². The van der Waals surface area contributed by atoms with Crippen LogP contribution in [-0.2, 0) is 5.41 Å². The van der Waals surface area contributed by atoms with Crippen LogP contribution in [0.1, 0.15) is 61.4 Å². The first-order valence-corrected chi connectivity index (χ1v) is 14.6. The molecule has 212 valence electrons. The molecule has 5 rings (SSSR count). The molecule has 2 nitrogen and oxygen atoms in total. The van der Waals surface area contributed by atoms with Gasteiger partial charge in [-0.1, -0.05) is 124 Å².